The molecule has 0 bridgehead atoms. The first kappa shape index (κ1) is 9.99. The van der Waals surface area contributed by atoms with Crippen molar-refractivity contribution < 1.29 is 4.65 Å². The van der Waals surface area contributed by atoms with Crippen LogP contribution in [-0.2, 0) is 4.65 Å². The average molecular weight is 119 g/mol. The Morgan fingerprint density at radius 3 is 2.50 bits per heavy atom. The van der Waals surface area contributed by atoms with Gasteiger partial charge in [-0.15, -0.1) is 0 Å². The van der Waals surface area contributed by atoms with Gasteiger partial charge in [-0.3, -0.25) is 0 Å². The molecule has 0 saturated carbocycles. The molecule has 38 valence electrons. The fourth-order valence-corrected chi connectivity index (χ4v) is 0.339. The zero-order valence-corrected chi connectivity index (χ0v) is 5.73. The molecule has 8 heteroatoms. The van der Waals surface area contributed by atoms with Crippen LogP contribution >= 0.6 is 0 Å². The topological polar surface area (TPSA) is 9.23 Å². The van der Waals surface area contributed by atoms with E-state index in [1.54, 1.807) is 26.8 Å². The second-order valence-corrected chi connectivity index (χ2v) is 1.40. The van der Waals surface area contributed by atoms with Crippen molar-refractivity contribution in [3.05, 3.63) is 12.8 Å². The van der Waals surface area contributed by atoms with Crippen LogP contribution < -0.4 is 0 Å². The van der Waals surface area contributed by atoms with E-state index in [9.17, 15) is 0 Å². The molecule has 1 nitrogen and oxygen atoms in total. The molecule has 0 heterocycles. The summed E-state index contributed by atoms with van der Waals surface area (Å²) in [5.41, 5.74) is 0. The van der Waals surface area contributed by atoms with Crippen LogP contribution in [0.2, 0.25) is 0 Å². The van der Waals surface area contributed by atoms with Gasteiger partial charge in [-0.2, -0.15) is 0 Å². The Hall–Kier alpha value is -0.00545. The SMILES string of the molecule is [B]B=BB=BB=BOC=C. The molecule has 0 fully saturated rings. The van der Waals surface area contributed by atoms with Crippen molar-refractivity contribution in [1.82, 2.24) is 0 Å². The van der Waals surface area contributed by atoms with E-state index in [1.807, 2.05) is 0 Å². The molecule has 0 aliphatic carbocycles. The molecule has 0 spiro atoms. The summed E-state index contributed by atoms with van der Waals surface area (Å²) < 4.78 is 4.69. The predicted octanol–water partition coefficient (Wildman–Crippen LogP) is -2.05. The third-order valence-electron chi connectivity index (χ3n) is 0.698. The molecular weight excluding hydrogens is 116 g/mol. The van der Waals surface area contributed by atoms with Gasteiger partial charge in [0.2, 0.25) is 0 Å². The molecule has 0 aromatic carbocycles. The van der Waals surface area contributed by atoms with Gasteiger partial charge in [-0.05, 0) is 0 Å². The van der Waals surface area contributed by atoms with Crippen molar-refractivity contribution in [3.8, 4) is 0 Å². The quantitative estimate of drug-likeness (QED) is 0.305. The second kappa shape index (κ2) is 8.99. The average Bonchev–Trinajstić information content (AvgIpc) is 1.97. The normalized spacial score (nSPS) is 6.80. The summed E-state index contributed by atoms with van der Waals surface area (Å²) in [6.07, 6.45) is 1.35. The van der Waals surface area contributed by atoms with Gasteiger partial charge in [-0.1, -0.05) is 0 Å². The summed E-state index contributed by atoms with van der Waals surface area (Å²) in [7, 11) is 6.59. The molecule has 2 radical (unpaired) electrons. The molecule has 0 aliphatic rings. The maximum absolute atomic E-state index is 5.07. The van der Waals surface area contributed by atoms with Crippen LogP contribution in [0.25, 0.3) is 0 Å². The van der Waals surface area contributed by atoms with Crippen LogP contribution in [-0.4, -0.2) is 48.2 Å². The van der Waals surface area contributed by atoms with E-state index in [4.69, 9.17) is 12.4 Å². The van der Waals surface area contributed by atoms with Crippen molar-refractivity contribution in [2.45, 2.75) is 0 Å². The summed E-state index contributed by atoms with van der Waals surface area (Å²) in [6.45, 7) is 11.9. The zero-order chi connectivity index (χ0) is 7.66. The van der Waals surface area contributed by atoms with Crippen LogP contribution in [0, 0.1) is 0 Å². The minimum absolute atomic E-state index is 1.35. The third-order valence-corrected chi connectivity index (χ3v) is 0.698. The number of rotatable bonds is 4. The van der Waals surface area contributed by atoms with Crippen LogP contribution in [0.1, 0.15) is 0 Å². The second-order valence-electron chi connectivity index (χ2n) is 1.40. The molecular formula is C2H3B7O. The fourth-order valence-electron chi connectivity index (χ4n) is 0.339. The van der Waals surface area contributed by atoms with E-state index in [-0.39, 0.29) is 0 Å². The Kier molecular flexibility index (Phi) is 8.99. The molecule has 10 heavy (non-hydrogen) atoms. The Morgan fingerprint density at radius 1 is 1.20 bits per heavy atom. The number of hydrogen-bond acceptors (Lipinski definition) is 1. The van der Waals surface area contributed by atoms with E-state index >= 15 is 0 Å². The molecule has 0 N–H and O–H groups in total. The molecule has 0 aliphatic heterocycles. The molecule has 0 aromatic heterocycles. The van der Waals surface area contributed by atoms with Crippen molar-refractivity contribution >= 4 is 48.2 Å². The molecule has 0 aromatic rings. The van der Waals surface area contributed by atoms with Crippen molar-refractivity contribution in [1.29, 1.82) is 0 Å². The van der Waals surface area contributed by atoms with Gasteiger partial charge < -0.3 is 0 Å². The van der Waals surface area contributed by atoms with Crippen molar-refractivity contribution in [2.24, 2.45) is 0 Å². The van der Waals surface area contributed by atoms with Crippen LogP contribution in [0.4, 0.5) is 0 Å². The molecule has 0 saturated heterocycles. The van der Waals surface area contributed by atoms with Gasteiger partial charge in [0.1, 0.15) is 0 Å². The van der Waals surface area contributed by atoms with Crippen molar-refractivity contribution in [3.63, 3.8) is 0 Å². The Balaban J connectivity index is 3.41. The fraction of sp³-hybridized carbons (Fsp3) is 0. The van der Waals surface area contributed by atoms with Crippen LogP contribution in [0.3, 0.4) is 0 Å². The summed E-state index contributed by atoms with van der Waals surface area (Å²) in [5, 5.41) is 0. The summed E-state index contributed by atoms with van der Waals surface area (Å²) in [5.74, 6) is 0. The first-order valence-corrected chi connectivity index (χ1v) is 2.88. The van der Waals surface area contributed by atoms with Crippen LogP contribution in [0.15, 0.2) is 12.8 Å². The monoisotopic (exact) mass is 120 g/mol. The van der Waals surface area contributed by atoms with E-state index in [1.165, 1.54) is 20.0 Å². The molecule has 0 atom stereocenters. The zero-order valence-electron chi connectivity index (χ0n) is 5.73. The molecule has 0 amide bonds. The van der Waals surface area contributed by atoms with Gasteiger partial charge in [0.15, 0.2) is 0 Å². The first-order valence-electron chi connectivity index (χ1n) is 2.88. The van der Waals surface area contributed by atoms with Crippen LogP contribution in [0.5, 0.6) is 0 Å². The number of hydrogen-bond donors (Lipinski definition) is 0. The minimum atomic E-state index is 1.35. The first-order chi connectivity index (χ1) is 4.91. The summed E-state index contributed by atoms with van der Waals surface area (Å²) in [6, 6.07) is 0. The van der Waals surface area contributed by atoms with Gasteiger partial charge in [-0.25, -0.2) is 0 Å². The standard InChI is InChI=1S/C2H3B7O/c1-2-10-9-8-7-6-5-4-3/h2H,1H2. The van der Waals surface area contributed by atoms with Gasteiger partial charge in [0, 0.05) is 0 Å². The summed E-state index contributed by atoms with van der Waals surface area (Å²) in [4.78, 5) is 0. The Labute approximate surface area is 66.3 Å². The Bertz CT molecular complexity index is 159. The molecule has 0 unspecified atom stereocenters. The third kappa shape index (κ3) is 7.99. The van der Waals surface area contributed by atoms with E-state index in [0.29, 0.717) is 0 Å². The predicted molar refractivity (Wildman–Crippen MR) is 51.6 cm³/mol. The van der Waals surface area contributed by atoms with Gasteiger partial charge in [0.25, 0.3) is 0 Å². The van der Waals surface area contributed by atoms with Crippen molar-refractivity contribution in [2.75, 3.05) is 0 Å². The van der Waals surface area contributed by atoms with Gasteiger partial charge in [0.05, 0.1) is 0 Å². The van der Waals surface area contributed by atoms with E-state index in [2.05, 4.69) is 6.58 Å². The van der Waals surface area contributed by atoms with E-state index in [0.717, 1.165) is 0 Å². The summed E-state index contributed by atoms with van der Waals surface area (Å²) >= 11 is 0. The Morgan fingerprint density at radius 2 is 1.90 bits per heavy atom. The van der Waals surface area contributed by atoms with E-state index < -0.39 is 0 Å². The van der Waals surface area contributed by atoms with Gasteiger partial charge >= 0.3 is 65.7 Å². The maximum atomic E-state index is 5.07. The molecule has 0 rings (SSSR count).